The summed E-state index contributed by atoms with van der Waals surface area (Å²) in [5, 5.41) is 11.4. The number of methoxy groups -OCH3 is 1. The Morgan fingerprint density at radius 2 is 2.00 bits per heavy atom. The van der Waals surface area contributed by atoms with Crippen LogP contribution in [0.4, 0.5) is 8.78 Å². The first-order chi connectivity index (χ1) is 18.8. The number of pyridine rings is 2. The summed E-state index contributed by atoms with van der Waals surface area (Å²) in [5.41, 5.74) is 0.563. The molecule has 2 N–H and O–H groups in total. The quantitative estimate of drug-likeness (QED) is 0.289. The van der Waals surface area contributed by atoms with Crippen LogP contribution in [0, 0.1) is 11.6 Å². The van der Waals surface area contributed by atoms with E-state index < -0.39 is 35.1 Å². The van der Waals surface area contributed by atoms with Crippen LogP contribution in [0.1, 0.15) is 34.3 Å². The summed E-state index contributed by atoms with van der Waals surface area (Å²) in [4.78, 5) is 45.5. The maximum atomic E-state index is 13.6. The zero-order valence-electron chi connectivity index (χ0n) is 20.4. The number of aromatic nitrogens is 5. The second kappa shape index (κ2) is 10.7. The zero-order valence-corrected chi connectivity index (χ0v) is 20.4. The number of fused-ring (bicyclic) bond motifs is 1. The van der Waals surface area contributed by atoms with E-state index in [2.05, 4.69) is 25.5 Å². The molecule has 1 atom stereocenters. The van der Waals surface area contributed by atoms with Crippen molar-refractivity contribution in [3.63, 3.8) is 0 Å². The van der Waals surface area contributed by atoms with Gasteiger partial charge in [-0.1, -0.05) is 6.07 Å². The number of hydrogen-bond acceptors (Lipinski definition) is 8. The summed E-state index contributed by atoms with van der Waals surface area (Å²) >= 11 is 0. The molecule has 4 aromatic heterocycles. The van der Waals surface area contributed by atoms with E-state index in [1.807, 2.05) is 6.07 Å². The number of benzene rings is 1. The molecular formula is C26H20F2N6O5. The van der Waals surface area contributed by atoms with Crippen molar-refractivity contribution in [3.8, 4) is 11.5 Å². The molecule has 0 bridgehead atoms. The van der Waals surface area contributed by atoms with E-state index >= 15 is 0 Å². The third-order valence-corrected chi connectivity index (χ3v) is 5.93. The predicted octanol–water partition coefficient (Wildman–Crippen LogP) is 3.14. The Morgan fingerprint density at radius 1 is 1.15 bits per heavy atom. The molecular weight excluding hydrogens is 514 g/mol. The van der Waals surface area contributed by atoms with Crippen molar-refractivity contribution in [1.82, 2.24) is 30.0 Å². The van der Waals surface area contributed by atoms with Gasteiger partial charge in [-0.05, 0) is 42.0 Å². The summed E-state index contributed by atoms with van der Waals surface area (Å²) in [6.45, 7) is -0.102. The Labute approximate surface area is 218 Å². The molecule has 39 heavy (non-hydrogen) atoms. The molecule has 1 aromatic carbocycles. The number of ether oxygens (including phenoxy) is 1. The molecule has 11 nitrogen and oxygen atoms in total. The number of carbonyl (C=O) groups is 2. The minimum atomic E-state index is -1.12. The van der Waals surface area contributed by atoms with E-state index in [-0.39, 0.29) is 30.3 Å². The first-order valence-corrected chi connectivity index (χ1v) is 11.6. The van der Waals surface area contributed by atoms with Crippen LogP contribution in [-0.2, 0) is 16.1 Å². The summed E-state index contributed by atoms with van der Waals surface area (Å²) < 4.78 is 38.6. The van der Waals surface area contributed by atoms with Crippen LogP contribution in [0.2, 0.25) is 0 Å². The number of amides is 1. The standard InChI is InChI=1S/C26H20F2N6O5/c1-38-21(35)11-20(25-33-32-24(39-25)17-12-30-22-15(17)4-2-8-29-22)31-23(36)16-5-3-9-34(26(16)37)13-14-6-7-18(27)19(28)10-14/h2-10,12,20H,11,13H2,1H3,(H,29,30)(H,31,36)/t20-/m0/s1. The molecule has 0 saturated carbocycles. The number of esters is 1. The fraction of sp³-hybridized carbons (Fsp3) is 0.154. The van der Waals surface area contributed by atoms with Crippen molar-refractivity contribution in [2.45, 2.75) is 19.0 Å². The lowest BCUT2D eigenvalue weighted by Gasteiger charge is -2.15. The number of carbonyl (C=O) groups excluding carboxylic acids is 2. The summed E-state index contributed by atoms with van der Waals surface area (Å²) in [7, 11) is 1.19. The first kappa shape index (κ1) is 25.4. The van der Waals surface area contributed by atoms with Crippen molar-refractivity contribution in [1.29, 1.82) is 0 Å². The predicted molar refractivity (Wildman–Crippen MR) is 132 cm³/mol. The highest BCUT2D eigenvalue weighted by Gasteiger charge is 2.27. The summed E-state index contributed by atoms with van der Waals surface area (Å²) in [5.74, 6) is -3.50. The minimum Gasteiger partial charge on any atom is -0.469 e. The Morgan fingerprint density at radius 3 is 2.79 bits per heavy atom. The van der Waals surface area contributed by atoms with Crippen molar-refractivity contribution >= 4 is 22.9 Å². The monoisotopic (exact) mass is 534 g/mol. The van der Waals surface area contributed by atoms with Crippen LogP contribution >= 0.6 is 0 Å². The largest absolute Gasteiger partial charge is 0.469 e. The van der Waals surface area contributed by atoms with Crippen molar-refractivity contribution in [2.24, 2.45) is 0 Å². The molecule has 198 valence electrons. The number of aromatic amines is 1. The van der Waals surface area contributed by atoms with Crippen LogP contribution in [0.5, 0.6) is 0 Å². The maximum absolute atomic E-state index is 13.6. The van der Waals surface area contributed by atoms with E-state index in [4.69, 9.17) is 9.15 Å². The first-order valence-electron chi connectivity index (χ1n) is 11.6. The molecule has 0 spiro atoms. The van der Waals surface area contributed by atoms with Gasteiger partial charge >= 0.3 is 5.97 Å². The Balaban J connectivity index is 1.41. The molecule has 4 heterocycles. The SMILES string of the molecule is COC(=O)C[C@H](NC(=O)c1cccn(Cc2ccc(F)c(F)c2)c1=O)c1nnc(-c2c[nH]c3ncccc23)o1. The van der Waals surface area contributed by atoms with Gasteiger partial charge in [0, 0.05) is 24.0 Å². The second-order valence-electron chi connectivity index (χ2n) is 8.46. The van der Waals surface area contributed by atoms with Gasteiger partial charge in [0.05, 0.1) is 25.6 Å². The third-order valence-electron chi connectivity index (χ3n) is 5.93. The smallest absolute Gasteiger partial charge is 0.308 e. The van der Waals surface area contributed by atoms with Gasteiger partial charge in [0.2, 0.25) is 11.8 Å². The van der Waals surface area contributed by atoms with E-state index in [1.165, 1.54) is 36.1 Å². The van der Waals surface area contributed by atoms with Crippen LogP contribution in [0.3, 0.4) is 0 Å². The fourth-order valence-electron chi connectivity index (χ4n) is 3.97. The van der Waals surface area contributed by atoms with E-state index in [9.17, 15) is 23.2 Å². The van der Waals surface area contributed by atoms with Crippen LogP contribution in [0.25, 0.3) is 22.5 Å². The molecule has 13 heteroatoms. The van der Waals surface area contributed by atoms with Crippen molar-refractivity contribution in [3.05, 3.63) is 100 Å². The number of rotatable bonds is 8. The van der Waals surface area contributed by atoms with Gasteiger partial charge in [0.1, 0.15) is 17.3 Å². The second-order valence-corrected chi connectivity index (χ2v) is 8.46. The molecule has 1 amide bonds. The molecule has 0 aliphatic rings. The van der Waals surface area contributed by atoms with Crippen LogP contribution < -0.4 is 10.9 Å². The van der Waals surface area contributed by atoms with E-state index in [0.29, 0.717) is 16.8 Å². The van der Waals surface area contributed by atoms with Gasteiger partial charge in [-0.15, -0.1) is 10.2 Å². The number of nitrogens with zero attached hydrogens (tertiary/aromatic N) is 4. The number of H-pyrrole nitrogens is 1. The lowest BCUT2D eigenvalue weighted by Crippen LogP contribution is -2.36. The Kier molecular flexibility index (Phi) is 6.95. The van der Waals surface area contributed by atoms with E-state index in [1.54, 1.807) is 18.5 Å². The highest BCUT2D eigenvalue weighted by atomic mass is 19.2. The van der Waals surface area contributed by atoms with Gasteiger partial charge in [0.25, 0.3) is 11.5 Å². The molecule has 0 aliphatic heterocycles. The number of halogens is 2. The van der Waals surface area contributed by atoms with Crippen molar-refractivity contribution in [2.75, 3.05) is 7.11 Å². The van der Waals surface area contributed by atoms with Gasteiger partial charge in [-0.2, -0.15) is 0 Å². The number of hydrogen-bond donors (Lipinski definition) is 2. The van der Waals surface area contributed by atoms with Gasteiger partial charge in [-0.3, -0.25) is 14.4 Å². The fourth-order valence-corrected chi connectivity index (χ4v) is 3.97. The van der Waals surface area contributed by atoms with Crippen LogP contribution in [-0.4, -0.2) is 43.7 Å². The zero-order chi connectivity index (χ0) is 27.5. The molecule has 5 rings (SSSR count). The lowest BCUT2D eigenvalue weighted by molar-refractivity contribution is -0.141. The molecule has 5 aromatic rings. The average molecular weight is 534 g/mol. The van der Waals surface area contributed by atoms with Gasteiger partial charge in [0.15, 0.2) is 11.6 Å². The summed E-state index contributed by atoms with van der Waals surface area (Å²) in [6, 6.07) is 8.46. The Bertz CT molecular complexity index is 1740. The van der Waals surface area contributed by atoms with Gasteiger partial charge < -0.3 is 24.0 Å². The molecule has 0 saturated heterocycles. The molecule has 0 fully saturated rings. The van der Waals surface area contributed by atoms with Crippen molar-refractivity contribution < 1.29 is 27.5 Å². The number of nitrogens with one attached hydrogen (secondary N) is 2. The van der Waals surface area contributed by atoms with E-state index in [0.717, 1.165) is 17.5 Å². The minimum absolute atomic E-state index is 0.0833. The normalized spacial score (nSPS) is 11.9. The highest BCUT2D eigenvalue weighted by Crippen LogP contribution is 2.28. The van der Waals surface area contributed by atoms with Gasteiger partial charge in [-0.25, -0.2) is 13.8 Å². The molecule has 0 radical (unpaired) electrons. The maximum Gasteiger partial charge on any atom is 0.308 e. The van der Waals surface area contributed by atoms with Crippen LogP contribution in [0.15, 0.2) is 70.3 Å². The lowest BCUT2D eigenvalue weighted by atomic mass is 10.1. The topological polar surface area (TPSA) is 145 Å². The third kappa shape index (κ3) is 5.28. The molecule has 0 unspecified atom stereocenters. The Hall–Kier alpha value is -5.20. The summed E-state index contributed by atoms with van der Waals surface area (Å²) in [6.07, 6.45) is 4.32. The molecule has 0 aliphatic carbocycles. The average Bonchev–Trinajstić information content (AvgIpc) is 3.59. The highest BCUT2D eigenvalue weighted by molar-refractivity contribution is 5.94.